The molecule has 2 N–H and O–H groups in total. The van der Waals surface area contributed by atoms with E-state index in [1.807, 2.05) is 32.2 Å². The maximum Gasteiger partial charge on any atom is 0.252 e. The lowest BCUT2D eigenvalue weighted by molar-refractivity contribution is -0.115. The summed E-state index contributed by atoms with van der Waals surface area (Å²) in [5, 5.41) is 14.7. The second-order valence-corrected chi connectivity index (χ2v) is 7.89. The summed E-state index contributed by atoms with van der Waals surface area (Å²) < 4.78 is 3.32. The average molecular weight is 430 g/mol. The number of rotatable bonds is 6. The molecule has 1 aliphatic carbocycles. The number of nitrogens with one attached hydrogen (secondary N) is 2. The van der Waals surface area contributed by atoms with Gasteiger partial charge in [0.05, 0.1) is 28.9 Å². The number of carbonyl (C=O) groups is 2. The van der Waals surface area contributed by atoms with E-state index in [1.54, 1.807) is 27.8 Å². The molecule has 3 aromatic heterocycles. The fourth-order valence-corrected chi connectivity index (χ4v) is 3.73. The molecule has 1 saturated carbocycles. The van der Waals surface area contributed by atoms with Crippen LogP contribution in [0.5, 0.6) is 0 Å². The number of amides is 2. The molecule has 2 amide bonds. The monoisotopic (exact) mass is 430 g/mol. The van der Waals surface area contributed by atoms with Gasteiger partial charge in [-0.25, -0.2) is 14.6 Å². The summed E-state index contributed by atoms with van der Waals surface area (Å²) in [6.45, 7) is 1.71. The summed E-state index contributed by atoms with van der Waals surface area (Å²) in [5.41, 5.74) is 4.29. The topological polar surface area (TPSA) is 120 Å². The van der Waals surface area contributed by atoms with E-state index in [-0.39, 0.29) is 18.4 Å². The molecular formula is C22H22N8O2. The maximum atomic E-state index is 13.0. The minimum atomic E-state index is -0.317. The molecule has 0 spiro atoms. The molecular weight excluding hydrogens is 408 g/mol. The molecule has 162 valence electrons. The molecule has 1 fully saturated rings. The van der Waals surface area contributed by atoms with Gasteiger partial charge in [0.2, 0.25) is 5.91 Å². The predicted octanol–water partition coefficient (Wildman–Crippen LogP) is 2.10. The third-order valence-electron chi connectivity index (χ3n) is 5.47. The van der Waals surface area contributed by atoms with Crippen LogP contribution in [-0.2, 0) is 11.8 Å². The smallest absolute Gasteiger partial charge is 0.252 e. The molecule has 0 unspecified atom stereocenters. The van der Waals surface area contributed by atoms with Crippen LogP contribution >= 0.6 is 0 Å². The summed E-state index contributed by atoms with van der Waals surface area (Å²) in [5.74, 6) is -0.237. The zero-order chi connectivity index (χ0) is 22.2. The number of nitrogens with zero attached hydrogens (tertiary/aromatic N) is 6. The van der Waals surface area contributed by atoms with Gasteiger partial charge in [0.1, 0.15) is 12.7 Å². The van der Waals surface area contributed by atoms with Gasteiger partial charge >= 0.3 is 0 Å². The molecule has 32 heavy (non-hydrogen) atoms. The van der Waals surface area contributed by atoms with Crippen molar-refractivity contribution >= 4 is 28.5 Å². The lowest BCUT2D eigenvalue weighted by Crippen LogP contribution is -2.33. The van der Waals surface area contributed by atoms with Crippen LogP contribution in [-0.4, -0.2) is 47.9 Å². The first-order valence-corrected chi connectivity index (χ1v) is 10.4. The van der Waals surface area contributed by atoms with Gasteiger partial charge in [0.15, 0.2) is 5.65 Å². The van der Waals surface area contributed by atoms with Crippen LogP contribution < -0.4 is 10.6 Å². The van der Waals surface area contributed by atoms with Crippen LogP contribution in [0.1, 0.15) is 40.5 Å². The van der Waals surface area contributed by atoms with Gasteiger partial charge in [0.25, 0.3) is 5.91 Å². The van der Waals surface area contributed by atoms with E-state index in [4.69, 9.17) is 4.98 Å². The van der Waals surface area contributed by atoms with Crippen molar-refractivity contribution in [3.8, 4) is 5.69 Å². The number of fused-ring (bicyclic) bond motifs is 1. The number of aromatic nitrogens is 6. The summed E-state index contributed by atoms with van der Waals surface area (Å²) >= 11 is 0. The maximum absolute atomic E-state index is 13.0. The molecule has 0 aliphatic heterocycles. The number of hydrogen-bond donors (Lipinski definition) is 2. The third-order valence-corrected chi connectivity index (χ3v) is 5.47. The highest BCUT2D eigenvalue weighted by Crippen LogP contribution is 2.40. The van der Waals surface area contributed by atoms with Gasteiger partial charge in [-0.05, 0) is 50.1 Å². The van der Waals surface area contributed by atoms with E-state index in [1.165, 1.54) is 6.33 Å². The quantitative estimate of drug-likeness (QED) is 0.483. The Bertz CT molecular complexity index is 1300. The largest absolute Gasteiger partial charge is 0.343 e. The average Bonchev–Trinajstić information content (AvgIpc) is 3.42. The molecule has 10 nitrogen and oxygen atoms in total. The van der Waals surface area contributed by atoms with Crippen LogP contribution in [0.25, 0.3) is 16.7 Å². The number of carbonyl (C=O) groups excluding carboxylic acids is 2. The number of benzene rings is 1. The second kappa shape index (κ2) is 7.88. The van der Waals surface area contributed by atoms with Crippen LogP contribution in [0, 0.1) is 6.92 Å². The highest BCUT2D eigenvalue weighted by Gasteiger charge is 2.28. The zero-order valence-electron chi connectivity index (χ0n) is 17.7. The summed E-state index contributed by atoms with van der Waals surface area (Å²) in [6.07, 6.45) is 5.20. The summed E-state index contributed by atoms with van der Waals surface area (Å²) in [7, 11) is 1.82. The number of aryl methyl sites for hydroxylation is 2. The molecule has 0 atom stereocenters. The Labute approximate surface area is 183 Å². The standard InChI is InChI=1S/C22H22N8O2/c1-13-20-17(9-18(14-3-4-14)27-21(20)29(2)28-13)22(32)24-10-19(31)26-15-5-7-16(8-6-15)30-12-23-11-25-30/h5-9,11-12,14H,3-4,10H2,1-2H3,(H,24,32)(H,26,31). The van der Waals surface area contributed by atoms with Crippen LogP contribution in [0.15, 0.2) is 43.0 Å². The Balaban J connectivity index is 1.27. The van der Waals surface area contributed by atoms with Gasteiger partial charge < -0.3 is 10.6 Å². The first-order valence-electron chi connectivity index (χ1n) is 10.4. The lowest BCUT2D eigenvalue weighted by Gasteiger charge is -2.10. The van der Waals surface area contributed by atoms with Crippen molar-refractivity contribution in [2.24, 2.45) is 7.05 Å². The van der Waals surface area contributed by atoms with Crippen molar-refractivity contribution in [3.05, 3.63) is 59.9 Å². The molecule has 3 heterocycles. The highest BCUT2D eigenvalue weighted by atomic mass is 16.2. The van der Waals surface area contributed by atoms with Crippen molar-refractivity contribution in [2.75, 3.05) is 11.9 Å². The van der Waals surface area contributed by atoms with Crippen molar-refractivity contribution in [2.45, 2.75) is 25.7 Å². The second-order valence-electron chi connectivity index (χ2n) is 7.89. The number of anilines is 1. The molecule has 0 radical (unpaired) electrons. The normalized spacial score (nSPS) is 13.3. The highest BCUT2D eigenvalue weighted by molar-refractivity contribution is 6.08. The lowest BCUT2D eigenvalue weighted by atomic mass is 10.1. The third kappa shape index (κ3) is 3.82. The van der Waals surface area contributed by atoms with E-state index in [2.05, 4.69) is 25.8 Å². The van der Waals surface area contributed by atoms with Gasteiger partial charge in [-0.15, -0.1) is 0 Å². The fraction of sp³-hybridized carbons (Fsp3) is 0.273. The van der Waals surface area contributed by atoms with E-state index >= 15 is 0 Å². The Hall–Kier alpha value is -4.08. The molecule has 5 rings (SSSR count). The molecule has 0 bridgehead atoms. The molecule has 1 aromatic carbocycles. The van der Waals surface area contributed by atoms with Gasteiger partial charge in [-0.2, -0.15) is 10.2 Å². The fourth-order valence-electron chi connectivity index (χ4n) is 3.73. The predicted molar refractivity (Wildman–Crippen MR) is 118 cm³/mol. The van der Waals surface area contributed by atoms with Gasteiger partial charge in [-0.3, -0.25) is 14.3 Å². The van der Waals surface area contributed by atoms with Crippen molar-refractivity contribution < 1.29 is 9.59 Å². The zero-order valence-corrected chi connectivity index (χ0v) is 17.7. The molecule has 1 aliphatic rings. The van der Waals surface area contributed by atoms with Gasteiger partial charge in [-0.1, -0.05) is 0 Å². The van der Waals surface area contributed by atoms with Crippen LogP contribution in [0.2, 0.25) is 0 Å². The number of hydrogen-bond acceptors (Lipinski definition) is 6. The van der Waals surface area contributed by atoms with E-state index < -0.39 is 0 Å². The molecule has 0 saturated heterocycles. The first kappa shape index (κ1) is 19.9. The van der Waals surface area contributed by atoms with E-state index in [0.29, 0.717) is 22.8 Å². The van der Waals surface area contributed by atoms with E-state index in [0.717, 1.165) is 35.3 Å². The van der Waals surface area contributed by atoms with Crippen molar-refractivity contribution in [1.82, 2.24) is 34.8 Å². The Morgan fingerprint density at radius 1 is 1.19 bits per heavy atom. The first-order chi connectivity index (χ1) is 15.5. The minimum absolute atomic E-state index is 0.147. The molecule has 10 heteroatoms. The van der Waals surface area contributed by atoms with E-state index in [9.17, 15) is 9.59 Å². The Morgan fingerprint density at radius 2 is 1.97 bits per heavy atom. The summed E-state index contributed by atoms with van der Waals surface area (Å²) in [4.78, 5) is 34.0. The van der Waals surface area contributed by atoms with Gasteiger partial charge in [0, 0.05) is 24.3 Å². The Kier molecular flexibility index (Phi) is 4.89. The Morgan fingerprint density at radius 3 is 2.66 bits per heavy atom. The van der Waals surface area contributed by atoms with Crippen molar-refractivity contribution in [1.29, 1.82) is 0 Å². The van der Waals surface area contributed by atoms with Crippen molar-refractivity contribution in [3.63, 3.8) is 0 Å². The summed E-state index contributed by atoms with van der Waals surface area (Å²) in [6, 6.07) is 9.02. The molecule has 4 aromatic rings. The SMILES string of the molecule is Cc1nn(C)c2nc(C3CC3)cc(C(=O)NCC(=O)Nc3ccc(-n4cncn4)cc3)c12. The van der Waals surface area contributed by atoms with Crippen LogP contribution in [0.3, 0.4) is 0 Å². The minimum Gasteiger partial charge on any atom is -0.343 e. The number of pyridine rings is 1. The van der Waals surface area contributed by atoms with Crippen LogP contribution in [0.4, 0.5) is 5.69 Å².